The highest BCUT2D eigenvalue weighted by molar-refractivity contribution is 5.95. The monoisotopic (exact) mass is 274 g/mol. The fraction of sp³-hybridized carbons (Fsp3) is 0.588. The van der Waals surface area contributed by atoms with Crippen LogP contribution in [0.15, 0.2) is 24.3 Å². The molecule has 0 atom stereocenters. The highest BCUT2D eigenvalue weighted by atomic mass is 16.1. The van der Waals surface area contributed by atoms with Crippen molar-refractivity contribution in [3.63, 3.8) is 0 Å². The van der Waals surface area contributed by atoms with E-state index in [0.717, 1.165) is 23.7 Å². The first-order valence-corrected chi connectivity index (χ1v) is 7.80. The van der Waals surface area contributed by atoms with Crippen LogP contribution in [0.4, 0.5) is 5.69 Å². The van der Waals surface area contributed by atoms with Crippen LogP contribution >= 0.6 is 0 Å². The van der Waals surface area contributed by atoms with Crippen LogP contribution in [0.25, 0.3) is 0 Å². The zero-order valence-corrected chi connectivity index (χ0v) is 12.6. The molecule has 3 heteroatoms. The molecule has 1 aromatic carbocycles. The number of benzene rings is 1. The zero-order chi connectivity index (χ0) is 14.4. The van der Waals surface area contributed by atoms with Gasteiger partial charge in [-0.05, 0) is 44.4 Å². The average Bonchev–Trinajstić information content (AvgIpc) is 2.91. The maximum absolute atomic E-state index is 12.0. The van der Waals surface area contributed by atoms with E-state index < -0.39 is 0 Å². The van der Waals surface area contributed by atoms with Crippen molar-refractivity contribution in [1.82, 2.24) is 5.32 Å². The second-order valence-electron chi connectivity index (χ2n) is 6.07. The minimum Gasteiger partial charge on any atom is -0.385 e. The van der Waals surface area contributed by atoms with Gasteiger partial charge in [0.05, 0.1) is 0 Å². The van der Waals surface area contributed by atoms with Gasteiger partial charge in [0, 0.05) is 23.8 Å². The summed E-state index contributed by atoms with van der Waals surface area (Å²) in [5, 5.41) is 6.36. The first kappa shape index (κ1) is 14.9. The molecule has 1 aromatic rings. The van der Waals surface area contributed by atoms with Gasteiger partial charge in [-0.15, -0.1) is 0 Å². The fourth-order valence-electron chi connectivity index (χ4n) is 2.84. The second-order valence-corrected chi connectivity index (χ2v) is 6.07. The third kappa shape index (κ3) is 4.55. The number of hydrogen-bond acceptors (Lipinski definition) is 2. The Kier molecular flexibility index (Phi) is 5.45. The van der Waals surface area contributed by atoms with Gasteiger partial charge in [0.15, 0.2) is 0 Å². The Morgan fingerprint density at radius 3 is 2.75 bits per heavy atom. The second kappa shape index (κ2) is 7.32. The summed E-state index contributed by atoms with van der Waals surface area (Å²) in [4.78, 5) is 12.0. The first-order valence-electron chi connectivity index (χ1n) is 7.80. The van der Waals surface area contributed by atoms with Gasteiger partial charge in [-0.1, -0.05) is 31.7 Å². The maximum atomic E-state index is 12.0. The Labute approximate surface area is 122 Å². The Bertz CT molecular complexity index is 436. The molecule has 0 aliphatic heterocycles. The van der Waals surface area contributed by atoms with Crippen LogP contribution in [-0.2, 0) is 0 Å². The van der Waals surface area contributed by atoms with E-state index in [4.69, 9.17) is 0 Å². The van der Waals surface area contributed by atoms with E-state index >= 15 is 0 Å². The van der Waals surface area contributed by atoms with Crippen LogP contribution in [-0.4, -0.2) is 18.5 Å². The number of carbonyl (C=O) groups excluding carboxylic acids is 1. The number of anilines is 1. The Hall–Kier alpha value is -1.51. The molecular weight excluding hydrogens is 248 g/mol. The molecule has 1 aliphatic carbocycles. The van der Waals surface area contributed by atoms with Crippen LogP contribution in [0.5, 0.6) is 0 Å². The normalized spacial score (nSPS) is 15.6. The topological polar surface area (TPSA) is 41.1 Å². The van der Waals surface area contributed by atoms with Crippen LogP contribution in [0.1, 0.15) is 56.3 Å². The molecule has 2 N–H and O–H groups in total. The highest BCUT2D eigenvalue weighted by Gasteiger charge is 2.14. The molecule has 1 fully saturated rings. The lowest BCUT2D eigenvalue weighted by Gasteiger charge is -2.12. The molecule has 0 saturated heterocycles. The van der Waals surface area contributed by atoms with Gasteiger partial charge in [0.25, 0.3) is 5.91 Å². The maximum Gasteiger partial charge on any atom is 0.251 e. The standard InChI is InChI=1S/C17H26N2O/c1-13(2)19-17(20)15-8-5-9-16(12-15)18-11-10-14-6-3-4-7-14/h5,8-9,12-14,18H,3-4,6-7,10-11H2,1-2H3,(H,19,20). The van der Waals surface area contributed by atoms with Gasteiger partial charge in [-0.3, -0.25) is 4.79 Å². The van der Waals surface area contributed by atoms with E-state index in [2.05, 4.69) is 10.6 Å². The number of hydrogen-bond donors (Lipinski definition) is 2. The predicted molar refractivity (Wildman–Crippen MR) is 84.1 cm³/mol. The molecule has 0 bridgehead atoms. The number of nitrogens with one attached hydrogen (secondary N) is 2. The molecule has 0 heterocycles. The highest BCUT2D eigenvalue weighted by Crippen LogP contribution is 2.27. The lowest BCUT2D eigenvalue weighted by Crippen LogP contribution is -2.30. The van der Waals surface area contributed by atoms with Crippen molar-refractivity contribution < 1.29 is 4.79 Å². The van der Waals surface area contributed by atoms with Crippen LogP contribution in [0.2, 0.25) is 0 Å². The summed E-state index contributed by atoms with van der Waals surface area (Å²) in [5.41, 5.74) is 1.77. The van der Waals surface area contributed by atoms with E-state index in [1.54, 1.807) is 0 Å². The summed E-state index contributed by atoms with van der Waals surface area (Å²) in [6.07, 6.45) is 6.81. The summed E-state index contributed by atoms with van der Waals surface area (Å²) in [5.74, 6) is 0.898. The Balaban J connectivity index is 1.83. The Morgan fingerprint density at radius 2 is 2.05 bits per heavy atom. The van der Waals surface area contributed by atoms with Gasteiger partial charge in [-0.25, -0.2) is 0 Å². The van der Waals surface area contributed by atoms with E-state index in [1.165, 1.54) is 32.1 Å². The summed E-state index contributed by atoms with van der Waals surface area (Å²) < 4.78 is 0. The fourth-order valence-corrected chi connectivity index (χ4v) is 2.84. The minimum absolute atomic E-state index is 0.000516. The van der Waals surface area contributed by atoms with Gasteiger partial charge >= 0.3 is 0 Å². The van der Waals surface area contributed by atoms with Crippen molar-refractivity contribution in [2.45, 2.75) is 52.0 Å². The van der Waals surface area contributed by atoms with Crippen LogP contribution in [0, 0.1) is 5.92 Å². The molecule has 1 aliphatic rings. The third-order valence-corrected chi connectivity index (χ3v) is 3.90. The summed E-state index contributed by atoms with van der Waals surface area (Å²) >= 11 is 0. The summed E-state index contributed by atoms with van der Waals surface area (Å²) in [6.45, 7) is 4.95. The van der Waals surface area contributed by atoms with Crippen molar-refractivity contribution >= 4 is 11.6 Å². The molecule has 110 valence electrons. The predicted octanol–water partition coefficient (Wildman–Crippen LogP) is 3.82. The Morgan fingerprint density at radius 1 is 1.30 bits per heavy atom. The van der Waals surface area contributed by atoms with Crippen LogP contribution < -0.4 is 10.6 Å². The van der Waals surface area contributed by atoms with Crippen molar-refractivity contribution in [3.05, 3.63) is 29.8 Å². The lowest BCUT2D eigenvalue weighted by atomic mass is 10.0. The van der Waals surface area contributed by atoms with Crippen molar-refractivity contribution in [1.29, 1.82) is 0 Å². The molecule has 20 heavy (non-hydrogen) atoms. The molecule has 0 radical (unpaired) electrons. The lowest BCUT2D eigenvalue weighted by molar-refractivity contribution is 0.0943. The molecule has 1 amide bonds. The smallest absolute Gasteiger partial charge is 0.251 e. The van der Waals surface area contributed by atoms with Crippen molar-refractivity contribution in [3.8, 4) is 0 Å². The van der Waals surface area contributed by atoms with Gasteiger partial charge in [0.1, 0.15) is 0 Å². The summed E-state index contributed by atoms with van der Waals surface area (Å²) in [6, 6.07) is 7.93. The zero-order valence-electron chi connectivity index (χ0n) is 12.6. The van der Waals surface area contributed by atoms with Crippen molar-refractivity contribution in [2.75, 3.05) is 11.9 Å². The first-order chi connectivity index (χ1) is 9.65. The SMILES string of the molecule is CC(C)NC(=O)c1cccc(NCCC2CCCC2)c1. The largest absolute Gasteiger partial charge is 0.385 e. The van der Waals surface area contributed by atoms with Gasteiger partial charge in [0.2, 0.25) is 0 Å². The average molecular weight is 274 g/mol. The number of rotatable bonds is 6. The summed E-state index contributed by atoms with van der Waals surface area (Å²) in [7, 11) is 0. The van der Waals surface area contributed by atoms with E-state index in [1.807, 2.05) is 38.1 Å². The molecular formula is C17H26N2O. The quantitative estimate of drug-likeness (QED) is 0.828. The molecule has 2 rings (SSSR count). The van der Waals surface area contributed by atoms with Crippen molar-refractivity contribution in [2.24, 2.45) is 5.92 Å². The number of carbonyl (C=O) groups is 1. The van der Waals surface area contributed by atoms with E-state index in [9.17, 15) is 4.79 Å². The minimum atomic E-state index is -0.000516. The molecule has 0 aromatic heterocycles. The van der Waals surface area contributed by atoms with E-state index in [0.29, 0.717) is 0 Å². The molecule has 0 unspecified atom stereocenters. The van der Waals surface area contributed by atoms with Crippen LogP contribution in [0.3, 0.4) is 0 Å². The van der Waals surface area contributed by atoms with E-state index in [-0.39, 0.29) is 11.9 Å². The number of amides is 1. The molecule has 1 saturated carbocycles. The van der Waals surface area contributed by atoms with Gasteiger partial charge in [-0.2, -0.15) is 0 Å². The molecule has 0 spiro atoms. The van der Waals surface area contributed by atoms with Gasteiger partial charge < -0.3 is 10.6 Å². The third-order valence-electron chi connectivity index (χ3n) is 3.90. The molecule has 3 nitrogen and oxygen atoms in total.